The van der Waals surface area contributed by atoms with Gasteiger partial charge in [-0.05, 0) is 55.4 Å². The molecule has 3 aromatic rings. The quantitative estimate of drug-likeness (QED) is 0.295. The molecule has 1 saturated carbocycles. The van der Waals surface area contributed by atoms with Crippen molar-refractivity contribution in [1.29, 1.82) is 5.41 Å². The maximum Gasteiger partial charge on any atom is 0.178 e. The predicted molar refractivity (Wildman–Crippen MR) is 122 cm³/mol. The van der Waals surface area contributed by atoms with E-state index in [0.717, 1.165) is 36.7 Å². The lowest BCUT2D eigenvalue weighted by atomic mass is 9.78. The number of aromatic nitrogens is 3. The van der Waals surface area contributed by atoms with E-state index >= 15 is 0 Å². The van der Waals surface area contributed by atoms with Gasteiger partial charge in [-0.3, -0.25) is 10.6 Å². The van der Waals surface area contributed by atoms with Crippen LogP contribution in [0.4, 0.5) is 10.1 Å². The third-order valence-corrected chi connectivity index (χ3v) is 6.93. The smallest absolute Gasteiger partial charge is 0.178 e. The summed E-state index contributed by atoms with van der Waals surface area (Å²) in [6, 6.07) is 5.43. The van der Waals surface area contributed by atoms with Crippen LogP contribution in [0.5, 0.6) is 0 Å². The number of aromatic amines is 1. The third kappa shape index (κ3) is 4.22. The Balaban J connectivity index is 1.32. The second kappa shape index (κ2) is 8.77. The fraction of sp³-hybridized carbons (Fsp3) is 0.435. The van der Waals surface area contributed by atoms with E-state index in [4.69, 9.17) is 17.0 Å². The maximum absolute atomic E-state index is 13.5. The molecule has 3 N–H and O–H groups in total. The molecule has 2 atom stereocenters. The normalized spacial score (nSPS) is 21.1. The van der Waals surface area contributed by atoms with Gasteiger partial charge in [0.1, 0.15) is 11.6 Å². The van der Waals surface area contributed by atoms with E-state index in [9.17, 15) is 9.60 Å². The summed E-state index contributed by atoms with van der Waals surface area (Å²) in [5.74, 6) is 1.72. The van der Waals surface area contributed by atoms with Crippen LogP contribution in [0, 0.1) is 23.1 Å². The number of halogens is 2. The molecule has 1 aromatic carbocycles. The number of imidazole rings is 1. The molecule has 32 heavy (non-hydrogen) atoms. The number of likely N-dealkylation sites (tertiary alicyclic amines) is 1. The first-order chi connectivity index (χ1) is 15.5. The molecule has 5 rings (SSSR count). The van der Waals surface area contributed by atoms with Crippen molar-refractivity contribution in [3.63, 3.8) is 0 Å². The van der Waals surface area contributed by atoms with Gasteiger partial charge in [-0.2, -0.15) is 0 Å². The molecule has 1 saturated heterocycles. The summed E-state index contributed by atoms with van der Waals surface area (Å²) in [5.41, 5.74) is 1.74. The molecule has 1 aliphatic carbocycles. The molecule has 2 bridgehead atoms. The van der Waals surface area contributed by atoms with E-state index in [1.54, 1.807) is 12.3 Å². The summed E-state index contributed by atoms with van der Waals surface area (Å²) >= 11 is 5.82. The van der Waals surface area contributed by atoms with E-state index in [0.29, 0.717) is 21.8 Å². The lowest BCUT2D eigenvalue weighted by Gasteiger charge is -2.41. The Morgan fingerprint density at radius 2 is 2.06 bits per heavy atom. The highest BCUT2D eigenvalue weighted by atomic mass is 35.5. The van der Waals surface area contributed by atoms with Crippen molar-refractivity contribution in [2.45, 2.75) is 32.1 Å². The van der Waals surface area contributed by atoms with Crippen molar-refractivity contribution in [3.8, 4) is 0 Å². The molecule has 2 aromatic heterocycles. The Bertz CT molecular complexity index is 1140. The van der Waals surface area contributed by atoms with Crippen LogP contribution in [0.3, 0.4) is 0 Å². The number of hydrogen-bond acceptors (Lipinski definition) is 5. The van der Waals surface area contributed by atoms with Crippen molar-refractivity contribution in [2.75, 3.05) is 24.7 Å². The highest BCUT2D eigenvalue weighted by Crippen LogP contribution is 2.34. The number of piperidine rings is 1. The van der Waals surface area contributed by atoms with Gasteiger partial charge in [0, 0.05) is 37.8 Å². The lowest BCUT2D eigenvalue weighted by molar-refractivity contribution is 0.0869. The molecule has 0 radical (unpaired) electrons. The molecule has 0 amide bonds. The van der Waals surface area contributed by atoms with E-state index < -0.39 is 5.82 Å². The number of nitrogens with one attached hydrogen (secondary N) is 2. The Labute approximate surface area is 190 Å². The fourth-order valence-electron chi connectivity index (χ4n) is 5.12. The number of pyridine rings is 1. The number of hydroxylamine groups is 1. The first kappa shape index (κ1) is 21.3. The van der Waals surface area contributed by atoms with Gasteiger partial charge < -0.3 is 9.88 Å². The van der Waals surface area contributed by atoms with Crippen LogP contribution in [0.1, 0.15) is 37.1 Å². The van der Waals surface area contributed by atoms with Crippen molar-refractivity contribution in [1.82, 2.24) is 19.9 Å². The van der Waals surface area contributed by atoms with Crippen LogP contribution in [0.2, 0.25) is 5.02 Å². The minimum atomic E-state index is -0.586. The maximum atomic E-state index is 13.5. The fourth-order valence-corrected chi connectivity index (χ4v) is 5.29. The molecule has 3 heterocycles. The Hall–Kier alpha value is -2.55. The van der Waals surface area contributed by atoms with Gasteiger partial charge in [-0.15, -0.1) is 0 Å². The molecule has 9 heteroatoms. The van der Waals surface area contributed by atoms with Crippen LogP contribution in [0.15, 0.2) is 30.5 Å². The summed E-state index contributed by atoms with van der Waals surface area (Å²) in [5, 5.41) is 19.6. The molecular formula is C23H26ClFN6O. The Morgan fingerprint density at radius 3 is 2.81 bits per heavy atom. The summed E-state index contributed by atoms with van der Waals surface area (Å²) in [6.45, 7) is 3.29. The molecule has 0 spiro atoms. The second-order valence-corrected chi connectivity index (χ2v) is 9.31. The van der Waals surface area contributed by atoms with Gasteiger partial charge in [0.2, 0.25) is 0 Å². The van der Waals surface area contributed by atoms with Gasteiger partial charge in [0.25, 0.3) is 0 Å². The average molecular weight is 457 g/mol. The summed E-state index contributed by atoms with van der Waals surface area (Å²) in [6.07, 6.45) is 7.80. The van der Waals surface area contributed by atoms with Crippen LogP contribution in [0.25, 0.3) is 11.2 Å². The van der Waals surface area contributed by atoms with Crippen molar-refractivity contribution >= 4 is 34.3 Å². The van der Waals surface area contributed by atoms with Gasteiger partial charge in [0.15, 0.2) is 11.5 Å². The second-order valence-electron chi connectivity index (χ2n) is 8.91. The van der Waals surface area contributed by atoms with Gasteiger partial charge in [0.05, 0.1) is 16.2 Å². The number of H-pyrrole nitrogens is 1. The van der Waals surface area contributed by atoms with Crippen molar-refractivity contribution in [2.24, 2.45) is 11.8 Å². The zero-order chi connectivity index (χ0) is 22.2. The molecular weight excluding hydrogens is 431 g/mol. The summed E-state index contributed by atoms with van der Waals surface area (Å²) < 4.78 is 13.5. The molecule has 2 fully saturated rings. The number of rotatable bonds is 5. The molecule has 168 valence electrons. The van der Waals surface area contributed by atoms with E-state index in [1.807, 2.05) is 0 Å². The number of nitrogens with zero attached hydrogens (tertiary/aromatic N) is 4. The largest absolute Gasteiger partial charge is 0.340 e. The van der Waals surface area contributed by atoms with Crippen molar-refractivity contribution < 1.29 is 9.60 Å². The van der Waals surface area contributed by atoms with E-state index in [1.165, 1.54) is 50.9 Å². The summed E-state index contributed by atoms with van der Waals surface area (Å²) in [4.78, 5) is 14.8. The number of anilines is 1. The zero-order valence-electron chi connectivity index (χ0n) is 17.7. The average Bonchev–Trinajstić information content (AvgIpc) is 3.21. The topological polar surface area (TPSA) is 92.1 Å². The Morgan fingerprint density at radius 1 is 1.28 bits per heavy atom. The highest BCUT2D eigenvalue weighted by molar-refractivity contribution is 6.31. The number of hydrogen-bond donors (Lipinski definition) is 3. The monoisotopic (exact) mass is 456 g/mol. The minimum absolute atomic E-state index is 0.125. The number of benzene rings is 1. The van der Waals surface area contributed by atoms with Gasteiger partial charge in [-0.1, -0.05) is 18.0 Å². The van der Waals surface area contributed by atoms with Crippen LogP contribution in [-0.4, -0.2) is 50.5 Å². The standard InChI is InChI=1S/C23H26ClFN6O/c24-18-11-16(4-5-19(18)25)31(32)22(26)17-6-8-27-23-21(17)28-20(29-23)7-9-30-12-14-2-1-3-15(10-14)13-30/h4-6,8,11,14-15,26,32H,1-3,7,9-10,12-13H2,(H,27,28,29). The van der Waals surface area contributed by atoms with Crippen LogP contribution in [-0.2, 0) is 6.42 Å². The lowest BCUT2D eigenvalue weighted by Crippen LogP contribution is -2.43. The van der Waals surface area contributed by atoms with Crippen LogP contribution < -0.4 is 5.06 Å². The van der Waals surface area contributed by atoms with E-state index in [2.05, 4.69) is 19.9 Å². The molecule has 7 nitrogen and oxygen atoms in total. The van der Waals surface area contributed by atoms with Gasteiger partial charge in [-0.25, -0.2) is 19.4 Å². The molecule has 1 aliphatic heterocycles. The first-order valence-electron chi connectivity index (χ1n) is 11.1. The Kier molecular flexibility index (Phi) is 5.84. The number of fused-ring (bicyclic) bond motifs is 3. The molecule has 2 aliphatic rings. The minimum Gasteiger partial charge on any atom is -0.340 e. The van der Waals surface area contributed by atoms with Gasteiger partial charge >= 0.3 is 0 Å². The highest BCUT2D eigenvalue weighted by Gasteiger charge is 2.30. The van der Waals surface area contributed by atoms with Crippen LogP contribution >= 0.6 is 11.6 Å². The van der Waals surface area contributed by atoms with Crippen molar-refractivity contribution in [3.05, 3.63) is 52.7 Å². The predicted octanol–water partition coefficient (Wildman–Crippen LogP) is 4.64. The number of amidine groups is 1. The van der Waals surface area contributed by atoms with E-state index in [-0.39, 0.29) is 16.5 Å². The zero-order valence-corrected chi connectivity index (χ0v) is 18.4. The third-order valence-electron chi connectivity index (χ3n) is 6.64. The molecule has 2 unspecified atom stereocenters. The first-order valence-corrected chi connectivity index (χ1v) is 11.4. The summed E-state index contributed by atoms with van der Waals surface area (Å²) in [7, 11) is 0. The SMILES string of the molecule is N=C(c1ccnc2nc(CCN3CC4CCCC(C4)C3)[nH]c12)N(O)c1ccc(F)c(Cl)c1.